The Balaban J connectivity index is 0.000000948. The molecule has 4 heteroatoms. The van der Waals surface area contributed by atoms with Crippen molar-refractivity contribution in [1.29, 1.82) is 0 Å². The SMILES string of the molecule is C/C=c1\c(=C/C)oc2ccc3c(=O)oc(=O)c4ccc1c2c34.CC.CC.CC.CC. The van der Waals surface area contributed by atoms with Gasteiger partial charge in [0.15, 0.2) is 0 Å². The van der Waals surface area contributed by atoms with Gasteiger partial charge >= 0.3 is 11.3 Å². The maximum Gasteiger partial charge on any atom is 0.346 e. The second-order valence-electron chi connectivity index (χ2n) is 5.16. The summed E-state index contributed by atoms with van der Waals surface area (Å²) in [6.07, 6.45) is 3.86. The van der Waals surface area contributed by atoms with Gasteiger partial charge in [-0.1, -0.05) is 67.5 Å². The predicted molar refractivity (Wildman–Crippen MR) is 132 cm³/mol. The standard InChI is InChI=1S/C18H12O4.4C2H6/c1-3-9-10-5-6-11-15-12(18(20)22-17(11)19)7-8-14(16(10)15)21-13(9)4-2;4*1-2/h3-8H,1-2H3;4*1-2H3/b9-3-,13-4+;;;;. The summed E-state index contributed by atoms with van der Waals surface area (Å²) < 4.78 is 10.7. The van der Waals surface area contributed by atoms with Crippen LogP contribution in [0.1, 0.15) is 69.2 Å². The molecule has 0 atom stereocenters. The Morgan fingerprint density at radius 2 is 1.07 bits per heavy atom. The number of hydrogen-bond donors (Lipinski definition) is 0. The van der Waals surface area contributed by atoms with E-state index in [1.54, 1.807) is 18.2 Å². The van der Waals surface area contributed by atoms with E-state index >= 15 is 0 Å². The summed E-state index contributed by atoms with van der Waals surface area (Å²) in [5.74, 6) is 0. The molecule has 0 aliphatic heterocycles. The Labute approximate surface area is 178 Å². The highest BCUT2D eigenvalue weighted by molar-refractivity contribution is 6.21. The molecule has 2 heterocycles. The highest BCUT2D eigenvalue weighted by Gasteiger charge is 2.16. The van der Waals surface area contributed by atoms with Crippen LogP contribution < -0.4 is 21.9 Å². The van der Waals surface area contributed by atoms with Crippen LogP contribution in [0.15, 0.2) is 42.7 Å². The Morgan fingerprint density at radius 3 is 1.53 bits per heavy atom. The van der Waals surface area contributed by atoms with Crippen LogP contribution in [0.25, 0.3) is 44.7 Å². The van der Waals surface area contributed by atoms with Crippen LogP contribution in [0.4, 0.5) is 0 Å². The molecule has 30 heavy (non-hydrogen) atoms. The highest BCUT2D eigenvalue weighted by atomic mass is 16.4. The maximum absolute atomic E-state index is 12.0. The molecular weight excluding hydrogens is 376 g/mol. The van der Waals surface area contributed by atoms with Gasteiger partial charge < -0.3 is 8.83 Å². The van der Waals surface area contributed by atoms with Gasteiger partial charge in [-0.25, -0.2) is 9.59 Å². The third-order valence-corrected chi connectivity index (χ3v) is 4.07. The molecule has 0 saturated carbocycles. The predicted octanol–water partition coefficient (Wildman–Crippen LogP) is 6.20. The summed E-state index contributed by atoms with van der Waals surface area (Å²) in [7, 11) is 0. The fraction of sp³-hybridized carbons (Fsp3) is 0.385. The van der Waals surface area contributed by atoms with E-state index in [0.29, 0.717) is 21.7 Å². The first-order chi connectivity index (χ1) is 14.7. The van der Waals surface area contributed by atoms with E-state index < -0.39 is 11.3 Å². The largest absolute Gasteiger partial charge is 0.456 e. The minimum atomic E-state index is -0.611. The summed E-state index contributed by atoms with van der Waals surface area (Å²) in [4.78, 5) is 23.9. The Kier molecular flexibility index (Phi) is 12.1. The highest BCUT2D eigenvalue weighted by Crippen LogP contribution is 2.29. The Bertz CT molecular complexity index is 1240. The second-order valence-corrected chi connectivity index (χ2v) is 5.16. The average Bonchev–Trinajstić information content (AvgIpc) is 2.83. The minimum Gasteiger partial charge on any atom is -0.456 e. The lowest BCUT2D eigenvalue weighted by Gasteiger charge is -2.09. The van der Waals surface area contributed by atoms with Gasteiger partial charge in [-0.05, 0) is 43.5 Å². The molecule has 0 N–H and O–H groups in total. The molecule has 0 spiro atoms. The van der Waals surface area contributed by atoms with Gasteiger partial charge in [-0.15, -0.1) is 0 Å². The molecule has 0 aliphatic carbocycles. The maximum atomic E-state index is 12.0. The van der Waals surface area contributed by atoms with E-state index in [0.717, 1.165) is 21.4 Å². The topological polar surface area (TPSA) is 60.4 Å². The minimum absolute atomic E-state index is 0.401. The Hall–Kier alpha value is -2.88. The molecule has 0 amide bonds. The van der Waals surface area contributed by atoms with E-state index in [1.165, 1.54) is 0 Å². The van der Waals surface area contributed by atoms with Gasteiger partial charge in [0.25, 0.3) is 0 Å². The van der Waals surface area contributed by atoms with Crippen molar-refractivity contribution in [2.45, 2.75) is 69.2 Å². The van der Waals surface area contributed by atoms with E-state index in [1.807, 2.05) is 87.5 Å². The third-order valence-electron chi connectivity index (χ3n) is 4.07. The van der Waals surface area contributed by atoms with Crippen molar-refractivity contribution < 1.29 is 8.83 Å². The Morgan fingerprint density at radius 1 is 0.600 bits per heavy atom. The molecule has 164 valence electrons. The fourth-order valence-corrected chi connectivity index (χ4v) is 3.13. The van der Waals surface area contributed by atoms with Gasteiger partial charge in [0.05, 0.1) is 10.8 Å². The van der Waals surface area contributed by atoms with Crippen LogP contribution in [0.5, 0.6) is 0 Å². The zero-order valence-corrected chi connectivity index (χ0v) is 20.1. The van der Waals surface area contributed by atoms with E-state index in [4.69, 9.17) is 8.83 Å². The average molecular weight is 413 g/mol. The zero-order valence-electron chi connectivity index (χ0n) is 20.1. The van der Waals surface area contributed by atoms with Crippen molar-refractivity contribution in [3.63, 3.8) is 0 Å². The van der Waals surface area contributed by atoms with Gasteiger partial charge in [0, 0.05) is 16.0 Å². The summed E-state index contributed by atoms with van der Waals surface area (Å²) in [5.41, 5.74) is 0.194. The molecule has 2 aromatic carbocycles. The van der Waals surface area contributed by atoms with Crippen molar-refractivity contribution in [1.82, 2.24) is 0 Å². The van der Waals surface area contributed by atoms with Gasteiger partial charge in [0.1, 0.15) is 11.0 Å². The quantitative estimate of drug-likeness (QED) is 0.323. The van der Waals surface area contributed by atoms with E-state index in [9.17, 15) is 9.59 Å². The molecule has 4 rings (SSSR count). The summed E-state index contributed by atoms with van der Waals surface area (Å²) in [6, 6.07) is 6.98. The lowest BCUT2D eigenvalue weighted by atomic mass is 9.98. The molecule has 0 fully saturated rings. The van der Waals surface area contributed by atoms with Crippen molar-refractivity contribution >= 4 is 44.7 Å². The molecule has 0 saturated heterocycles. The first-order valence-corrected chi connectivity index (χ1v) is 11.0. The van der Waals surface area contributed by atoms with Crippen molar-refractivity contribution in [2.24, 2.45) is 0 Å². The number of benzene rings is 2. The van der Waals surface area contributed by atoms with Crippen LogP contribution in [-0.4, -0.2) is 0 Å². The van der Waals surface area contributed by atoms with Gasteiger partial charge in [0.2, 0.25) is 0 Å². The van der Waals surface area contributed by atoms with Gasteiger partial charge in [-0.3, -0.25) is 0 Å². The molecule has 0 bridgehead atoms. The number of rotatable bonds is 0. The fourth-order valence-electron chi connectivity index (χ4n) is 3.13. The smallest absolute Gasteiger partial charge is 0.346 e. The van der Waals surface area contributed by atoms with Crippen molar-refractivity contribution in [3.05, 3.63) is 55.7 Å². The molecule has 4 nitrogen and oxygen atoms in total. The van der Waals surface area contributed by atoms with Crippen LogP contribution in [-0.2, 0) is 0 Å². The third kappa shape index (κ3) is 4.81. The molecule has 0 aliphatic rings. The summed E-state index contributed by atoms with van der Waals surface area (Å²) in [6.45, 7) is 19.8. The van der Waals surface area contributed by atoms with Crippen LogP contribution >= 0.6 is 0 Å². The van der Waals surface area contributed by atoms with Crippen molar-refractivity contribution in [2.75, 3.05) is 0 Å². The second kappa shape index (κ2) is 13.4. The molecule has 4 aromatic rings. The summed E-state index contributed by atoms with van der Waals surface area (Å²) in [5, 5.41) is 4.12. The molecular formula is C26H36O4. The first-order valence-electron chi connectivity index (χ1n) is 11.0. The van der Waals surface area contributed by atoms with Gasteiger partial charge in [-0.2, -0.15) is 0 Å². The lowest BCUT2D eigenvalue weighted by molar-refractivity contribution is 0.488. The van der Waals surface area contributed by atoms with Crippen LogP contribution in [0.3, 0.4) is 0 Å². The molecule has 0 radical (unpaired) electrons. The summed E-state index contributed by atoms with van der Waals surface area (Å²) >= 11 is 0. The van der Waals surface area contributed by atoms with E-state index in [2.05, 4.69) is 0 Å². The monoisotopic (exact) mass is 412 g/mol. The molecule has 0 unspecified atom stereocenters. The van der Waals surface area contributed by atoms with Crippen LogP contribution in [0, 0.1) is 0 Å². The normalized spacial score (nSPS) is 11.0. The molecule has 2 aromatic heterocycles. The lowest BCUT2D eigenvalue weighted by Crippen LogP contribution is -2.25. The zero-order chi connectivity index (χ0) is 23.4. The van der Waals surface area contributed by atoms with E-state index in [-0.39, 0.29) is 0 Å². The van der Waals surface area contributed by atoms with Crippen molar-refractivity contribution in [3.8, 4) is 0 Å². The first kappa shape index (κ1) is 27.1. The van der Waals surface area contributed by atoms with Crippen LogP contribution in [0.2, 0.25) is 0 Å². The number of hydrogen-bond acceptors (Lipinski definition) is 4.